The van der Waals surface area contributed by atoms with Gasteiger partial charge in [-0.25, -0.2) is 8.42 Å². The number of amides is 2. The normalized spacial score (nSPS) is 12.0. The predicted octanol–water partition coefficient (Wildman–Crippen LogP) is 5.18. The van der Waals surface area contributed by atoms with Crippen molar-refractivity contribution in [2.75, 3.05) is 17.4 Å². The second-order valence-electron chi connectivity index (χ2n) is 9.03. The molecule has 0 saturated carbocycles. The third-order valence-corrected chi connectivity index (χ3v) is 8.14. The number of benzene rings is 3. The number of hydrogen-bond donors (Lipinski definition) is 1. The van der Waals surface area contributed by atoms with Crippen molar-refractivity contribution in [3.8, 4) is 0 Å². The van der Waals surface area contributed by atoms with Gasteiger partial charge in [0, 0.05) is 18.1 Å². The molecule has 0 aromatic heterocycles. The number of sulfonamides is 1. The Kier molecular flexibility index (Phi) is 10.3. The highest BCUT2D eigenvalue weighted by Gasteiger charge is 2.33. The van der Waals surface area contributed by atoms with E-state index in [1.165, 1.54) is 23.1 Å². The summed E-state index contributed by atoms with van der Waals surface area (Å²) in [4.78, 5) is 28.5. The molecule has 2 amide bonds. The topological polar surface area (TPSA) is 86.8 Å². The first-order valence-electron chi connectivity index (χ1n) is 12.6. The van der Waals surface area contributed by atoms with E-state index in [0.717, 1.165) is 21.9 Å². The Balaban J connectivity index is 2.04. The van der Waals surface area contributed by atoms with E-state index in [1.807, 2.05) is 51.1 Å². The van der Waals surface area contributed by atoms with Gasteiger partial charge in [-0.15, -0.1) is 0 Å². The fourth-order valence-corrected chi connectivity index (χ4v) is 5.65. The fourth-order valence-electron chi connectivity index (χ4n) is 4.06. The van der Waals surface area contributed by atoms with Crippen molar-refractivity contribution in [1.29, 1.82) is 0 Å². The monoisotopic (exact) mass is 555 g/mol. The lowest BCUT2D eigenvalue weighted by Gasteiger charge is -2.33. The molecule has 0 unspecified atom stereocenters. The van der Waals surface area contributed by atoms with Crippen LogP contribution >= 0.6 is 11.6 Å². The minimum Gasteiger partial charge on any atom is -0.354 e. The number of anilines is 1. The lowest BCUT2D eigenvalue weighted by Crippen LogP contribution is -2.52. The largest absolute Gasteiger partial charge is 0.354 e. The van der Waals surface area contributed by atoms with E-state index in [9.17, 15) is 18.0 Å². The highest BCUT2D eigenvalue weighted by Crippen LogP contribution is 2.27. The van der Waals surface area contributed by atoms with E-state index >= 15 is 0 Å². The fraction of sp³-hybridized carbons (Fsp3) is 0.310. The maximum Gasteiger partial charge on any atom is 0.264 e. The van der Waals surface area contributed by atoms with E-state index in [1.54, 1.807) is 30.3 Å². The SMILES string of the molecule is CCCNC(=O)[C@@H](CC)N(Cc1ccccc1)C(=O)CN(c1cccc(Cl)c1)S(=O)(=O)c1ccc(C)cc1. The van der Waals surface area contributed by atoms with Crippen molar-refractivity contribution < 1.29 is 18.0 Å². The lowest BCUT2D eigenvalue weighted by molar-refractivity contribution is -0.140. The molecule has 0 fully saturated rings. The van der Waals surface area contributed by atoms with Gasteiger partial charge in [-0.05, 0) is 55.7 Å². The van der Waals surface area contributed by atoms with Crippen LogP contribution < -0.4 is 9.62 Å². The number of nitrogens with one attached hydrogen (secondary N) is 1. The zero-order chi connectivity index (χ0) is 27.7. The zero-order valence-electron chi connectivity index (χ0n) is 21.9. The van der Waals surface area contributed by atoms with Gasteiger partial charge < -0.3 is 10.2 Å². The number of halogens is 1. The number of carbonyl (C=O) groups is 2. The number of nitrogens with zero attached hydrogens (tertiary/aromatic N) is 2. The molecule has 7 nitrogen and oxygen atoms in total. The highest BCUT2D eigenvalue weighted by atomic mass is 35.5. The Morgan fingerprint density at radius 2 is 1.63 bits per heavy atom. The van der Waals surface area contributed by atoms with E-state index in [0.29, 0.717) is 18.0 Å². The van der Waals surface area contributed by atoms with E-state index in [-0.39, 0.29) is 23.0 Å². The standard InChI is InChI=1S/C29H34ClN3O4S/c1-4-18-31-29(35)27(5-2)32(20-23-10-7-6-8-11-23)28(34)21-33(25-13-9-12-24(30)19-25)38(36,37)26-16-14-22(3)15-17-26/h6-17,19,27H,4-5,18,20-21H2,1-3H3,(H,31,35)/t27-/m1/s1. The third kappa shape index (κ3) is 7.36. The molecule has 38 heavy (non-hydrogen) atoms. The molecule has 3 aromatic rings. The Morgan fingerprint density at radius 1 is 0.947 bits per heavy atom. The molecule has 202 valence electrons. The number of carbonyl (C=O) groups excluding carboxylic acids is 2. The zero-order valence-corrected chi connectivity index (χ0v) is 23.5. The summed E-state index contributed by atoms with van der Waals surface area (Å²) >= 11 is 6.21. The summed E-state index contributed by atoms with van der Waals surface area (Å²) in [6.07, 6.45) is 1.13. The van der Waals surface area contributed by atoms with Crippen LogP contribution in [0.1, 0.15) is 37.8 Å². The van der Waals surface area contributed by atoms with Crippen LogP contribution in [0.3, 0.4) is 0 Å². The molecule has 3 aromatic carbocycles. The van der Waals surface area contributed by atoms with Crippen molar-refractivity contribution in [3.63, 3.8) is 0 Å². The first kappa shape index (κ1) is 29.2. The van der Waals surface area contributed by atoms with Gasteiger partial charge in [0.15, 0.2) is 0 Å². The molecule has 1 atom stereocenters. The molecule has 0 heterocycles. The van der Waals surface area contributed by atoms with Gasteiger partial charge in [0.2, 0.25) is 11.8 Å². The first-order valence-corrected chi connectivity index (χ1v) is 14.4. The molecule has 3 rings (SSSR count). The van der Waals surface area contributed by atoms with Crippen molar-refractivity contribution in [2.45, 2.75) is 51.1 Å². The maximum atomic E-state index is 13.9. The van der Waals surface area contributed by atoms with Gasteiger partial charge in [0.05, 0.1) is 10.6 Å². The molecular formula is C29H34ClN3O4S. The molecule has 9 heteroatoms. The Labute approximate surface area is 230 Å². The van der Waals surface area contributed by atoms with Crippen LogP contribution in [0.2, 0.25) is 5.02 Å². The average Bonchev–Trinajstić information content (AvgIpc) is 2.91. The van der Waals surface area contributed by atoms with Crippen LogP contribution in [-0.2, 0) is 26.2 Å². The minimum absolute atomic E-state index is 0.0539. The smallest absolute Gasteiger partial charge is 0.264 e. The van der Waals surface area contributed by atoms with Crippen LogP contribution in [-0.4, -0.2) is 44.3 Å². The van der Waals surface area contributed by atoms with Gasteiger partial charge in [-0.2, -0.15) is 0 Å². The first-order chi connectivity index (χ1) is 18.2. The molecule has 1 N–H and O–H groups in total. The van der Waals surface area contributed by atoms with E-state index < -0.39 is 28.5 Å². The summed E-state index contributed by atoms with van der Waals surface area (Å²) in [6, 6.07) is 21.4. The van der Waals surface area contributed by atoms with Gasteiger partial charge in [-0.1, -0.05) is 79.5 Å². The molecule has 0 aliphatic carbocycles. The van der Waals surface area contributed by atoms with Crippen LogP contribution in [0.4, 0.5) is 5.69 Å². The van der Waals surface area contributed by atoms with Crippen molar-refractivity contribution in [1.82, 2.24) is 10.2 Å². The van der Waals surface area contributed by atoms with Crippen LogP contribution in [0.25, 0.3) is 0 Å². The van der Waals surface area contributed by atoms with E-state index in [2.05, 4.69) is 5.32 Å². The van der Waals surface area contributed by atoms with Crippen molar-refractivity contribution in [3.05, 3.63) is 95.0 Å². The second kappa shape index (κ2) is 13.4. The quantitative estimate of drug-likeness (QED) is 0.334. The number of rotatable bonds is 12. The average molecular weight is 556 g/mol. The summed E-state index contributed by atoms with van der Waals surface area (Å²) in [7, 11) is -4.13. The van der Waals surface area contributed by atoms with Crippen molar-refractivity contribution >= 4 is 39.1 Å². The molecule has 0 aliphatic rings. The van der Waals surface area contributed by atoms with Crippen molar-refractivity contribution in [2.24, 2.45) is 0 Å². The summed E-state index contributed by atoms with van der Waals surface area (Å²) in [5.74, 6) is -0.766. The maximum absolute atomic E-state index is 13.9. The summed E-state index contributed by atoms with van der Waals surface area (Å²) in [5, 5.41) is 3.21. The van der Waals surface area contributed by atoms with E-state index in [4.69, 9.17) is 11.6 Å². The Bertz CT molecular complexity index is 1330. The molecule has 0 saturated heterocycles. The van der Waals surface area contributed by atoms with Gasteiger partial charge in [-0.3, -0.25) is 13.9 Å². The van der Waals surface area contributed by atoms with Crippen LogP contribution in [0, 0.1) is 6.92 Å². The van der Waals surface area contributed by atoms with Gasteiger partial charge in [0.1, 0.15) is 12.6 Å². The molecule has 0 radical (unpaired) electrons. The minimum atomic E-state index is -4.13. The predicted molar refractivity (Wildman–Crippen MR) is 152 cm³/mol. The Hall–Kier alpha value is -3.36. The summed E-state index contributed by atoms with van der Waals surface area (Å²) < 4.78 is 28.7. The molecule has 0 spiro atoms. The summed E-state index contributed by atoms with van der Waals surface area (Å²) in [5.41, 5.74) is 2.00. The third-order valence-electron chi connectivity index (χ3n) is 6.11. The molecule has 0 bridgehead atoms. The van der Waals surface area contributed by atoms with Crippen LogP contribution in [0.5, 0.6) is 0 Å². The number of hydrogen-bond acceptors (Lipinski definition) is 4. The molecule has 0 aliphatic heterocycles. The number of aryl methyl sites for hydroxylation is 1. The second-order valence-corrected chi connectivity index (χ2v) is 11.3. The van der Waals surface area contributed by atoms with Gasteiger partial charge >= 0.3 is 0 Å². The highest BCUT2D eigenvalue weighted by molar-refractivity contribution is 7.92. The van der Waals surface area contributed by atoms with Gasteiger partial charge in [0.25, 0.3) is 10.0 Å². The Morgan fingerprint density at radius 3 is 2.24 bits per heavy atom. The van der Waals surface area contributed by atoms with Crippen LogP contribution in [0.15, 0.2) is 83.8 Å². The molecular weight excluding hydrogens is 522 g/mol. The lowest BCUT2D eigenvalue weighted by atomic mass is 10.1. The summed E-state index contributed by atoms with van der Waals surface area (Å²) in [6.45, 7) is 5.79.